The molecule has 0 atom stereocenters. The van der Waals surface area contributed by atoms with Gasteiger partial charge in [-0.3, -0.25) is 9.69 Å². The maximum Gasteiger partial charge on any atom is 0.329 e. The van der Waals surface area contributed by atoms with Crippen LogP contribution in [0.3, 0.4) is 0 Å². The van der Waals surface area contributed by atoms with E-state index in [1.165, 1.54) is 10.5 Å². The molecular weight excluding hydrogens is 456 g/mol. The number of hydrogen-bond donors (Lipinski definition) is 1. The van der Waals surface area contributed by atoms with E-state index in [1.807, 2.05) is 67.6 Å². The summed E-state index contributed by atoms with van der Waals surface area (Å²) < 4.78 is 6.67. The minimum atomic E-state index is -0.419. The molecule has 4 rings (SSSR count). The highest BCUT2D eigenvalue weighted by atomic mass is 79.9. The monoisotopic (exact) mass is 476 g/mol. The van der Waals surface area contributed by atoms with Gasteiger partial charge in [-0.05, 0) is 57.8 Å². The quantitative estimate of drug-likeness (QED) is 0.381. The molecule has 1 aliphatic heterocycles. The fraction of sp³-hybridized carbons (Fsp3) is 0.120. The summed E-state index contributed by atoms with van der Waals surface area (Å²) in [6.45, 7) is 2.74. The molecule has 0 spiro atoms. The van der Waals surface area contributed by atoms with E-state index in [0.29, 0.717) is 12.4 Å². The zero-order chi connectivity index (χ0) is 21.8. The van der Waals surface area contributed by atoms with Crippen LogP contribution in [0.25, 0.3) is 6.08 Å². The zero-order valence-corrected chi connectivity index (χ0v) is 18.6. The van der Waals surface area contributed by atoms with Crippen LogP contribution in [0, 0.1) is 6.92 Å². The van der Waals surface area contributed by atoms with Crippen LogP contribution in [0.15, 0.2) is 83.0 Å². The Balaban J connectivity index is 1.44. The van der Waals surface area contributed by atoms with Crippen LogP contribution in [-0.2, 0) is 17.9 Å². The molecule has 3 aromatic rings. The number of benzene rings is 3. The number of aryl methyl sites for hydroxylation is 1. The molecule has 156 valence electrons. The van der Waals surface area contributed by atoms with E-state index in [-0.39, 0.29) is 18.1 Å². The predicted octanol–water partition coefficient (Wildman–Crippen LogP) is 5.43. The summed E-state index contributed by atoms with van der Waals surface area (Å²) in [4.78, 5) is 26.2. The van der Waals surface area contributed by atoms with Gasteiger partial charge in [0.25, 0.3) is 5.91 Å². The lowest BCUT2D eigenvalue weighted by Crippen LogP contribution is -2.30. The second kappa shape index (κ2) is 9.18. The SMILES string of the molecule is Cc1ccc(COc2ccc(/C=C3/NC(=O)N(Cc4ccccc4)C3=O)cc2Br)cc1. The topological polar surface area (TPSA) is 58.6 Å². The van der Waals surface area contributed by atoms with Gasteiger partial charge in [0.1, 0.15) is 18.1 Å². The van der Waals surface area contributed by atoms with Gasteiger partial charge in [-0.2, -0.15) is 0 Å². The first-order valence-corrected chi connectivity index (χ1v) is 10.7. The van der Waals surface area contributed by atoms with Crippen molar-refractivity contribution in [3.05, 3.63) is 105 Å². The van der Waals surface area contributed by atoms with Crippen molar-refractivity contribution >= 4 is 33.9 Å². The van der Waals surface area contributed by atoms with E-state index in [9.17, 15) is 9.59 Å². The summed E-state index contributed by atoms with van der Waals surface area (Å²) >= 11 is 3.53. The number of urea groups is 1. The number of rotatable bonds is 6. The largest absolute Gasteiger partial charge is 0.488 e. The fourth-order valence-corrected chi connectivity index (χ4v) is 3.73. The van der Waals surface area contributed by atoms with Crippen molar-refractivity contribution in [3.8, 4) is 5.75 Å². The minimum Gasteiger partial charge on any atom is -0.488 e. The minimum absolute atomic E-state index is 0.234. The Morgan fingerprint density at radius 2 is 1.71 bits per heavy atom. The van der Waals surface area contributed by atoms with E-state index in [4.69, 9.17) is 4.74 Å². The van der Waals surface area contributed by atoms with Crippen LogP contribution < -0.4 is 10.1 Å². The molecule has 6 heteroatoms. The van der Waals surface area contributed by atoms with Gasteiger partial charge in [0.15, 0.2) is 0 Å². The van der Waals surface area contributed by atoms with E-state index in [1.54, 1.807) is 6.08 Å². The number of hydrogen-bond acceptors (Lipinski definition) is 3. The van der Waals surface area contributed by atoms with Gasteiger partial charge in [0.2, 0.25) is 0 Å². The Morgan fingerprint density at radius 3 is 2.42 bits per heavy atom. The Morgan fingerprint density at radius 1 is 0.968 bits per heavy atom. The lowest BCUT2D eigenvalue weighted by molar-refractivity contribution is -0.123. The van der Waals surface area contributed by atoms with Crippen molar-refractivity contribution < 1.29 is 14.3 Å². The molecule has 0 radical (unpaired) electrons. The Kier molecular flexibility index (Phi) is 6.18. The summed E-state index contributed by atoms with van der Waals surface area (Å²) in [7, 11) is 0. The molecule has 5 nitrogen and oxygen atoms in total. The molecule has 3 aromatic carbocycles. The van der Waals surface area contributed by atoms with Crippen LogP contribution >= 0.6 is 15.9 Å². The number of carbonyl (C=O) groups excluding carboxylic acids is 2. The molecule has 1 heterocycles. The van der Waals surface area contributed by atoms with Gasteiger partial charge in [-0.1, -0.05) is 66.2 Å². The number of nitrogens with one attached hydrogen (secondary N) is 1. The molecule has 0 saturated carbocycles. The average molecular weight is 477 g/mol. The number of halogens is 1. The van der Waals surface area contributed by atoms with Crippen LogP contribution in [0.4, 0.5) is 4.79 Å². The van der Waals surface area contributed by atoms with Gasteiger partial charge >= 0.3 is 6.03 Å². The second-order valence-electron chi connectivity index (χ2n) is 7.33. The van der Waals surface area contributed by atoms with Gasteiger partial charge in [0.05, 0.1) is 11.0 Å². The molecule has 31 heavy (non-hydrogen) atoms. The number of imide groups is 1. The predicted molar refractivity (Wildman–Crippen MR) is 123 cm³/mol. The zero-order valence-electron chi connectivity index (χ0n) is 17.0. The summed E-state index contributed by atoms with van der Waals surface area (Å²) in [6.07, 6.45) is 1.67. The standard InChI is InChI=1S/C25H21BrN2O3/c1-17-7-9-19(10-8-17)16-31-23-12-11-20(13-21(23)26)14-22-24(29)28(25(30)27-22)15-18-5-3-2-4-6-18/h2-14H,15-16H2,1H3,(H,27,30)/b22-14+. The Hall–Kier alpha value is -3.38. The highest BCUT2D eigenvalue weighted by molar-refractivity contribution is 9.10. The van der Waals surface area contributed by atoms with Crippen molar-refractivity contribution in [1.82, 2.24) is 10.2 Å². The molecule has 0 bridgehead atoms. The average Bonchev–Trinajstić information content (AvgIpc) is 3.02. The normalized spacial score (nSPS) is 14.8. The number of ether oxygens (including phenoxy) is 1. The lowest BCUT2D eigenvalue weighted by Gasteiger charge is -2.11. The first-order chi connectivity index (χ1) is 15.0. The van der Waals surface area contributed by atoms with E-state index < -0.39 is 6.03 Å². The molecule has 1 aliphatic rings. The molecule has 1 N–H and O–H groups in total. The van der Waals surface area contributed by atoms with Gasteiger partial charge in [0, 0.05) is 0 Å². The van der Waals surface area contributed by atoms with Crippen molar-refractivity contribution in [2.75, 3.05) is 0 Å². The summed E-state index contributed by atoms with van der Waals surface area (Å²) in [5.74, 6) is 0.361. The van der Waals surface area contributed by atoms with Crippen molar-refractivity contribution in [2.24, 2.45) is 0 Å². The van der Waals surface area contributed by atoms with Gasteiger partial charge in [-0.15, -0.1) is 0 Å². The third-order valence-electron chi connectivity index (χ3n) is 4.93. The third kappa shape index (κ3) is 5.03. The van der Waals surface area contributed by atoms with Crippen molar-refractivity contribution in [3.63, 3.8) is 0 Å². The van der Waals surface area contributed by atoms with Crippen LogP contribution in [-0.4, -0.2) is 16.8 Å². The first kappa shape index (κ1) is 20.9. The van der Waals surface area contributed by atoms with Crippen LogP contribution in [0.2, 0.25) is 0 Å². The summed E-state index contributed by atoms with van der Waals surface area (Å²) in [6, 6.07) is 22.7. The first-order valence-electron chi connectivity index (χ1n) is 9.86. The van der Waals surface area contributed by atoms with Gasteiger partial charge in [-0.25, -0.2) is 4.79 Å². The van der Waals surface area contributed by atoms with Gasteiger partial charge < -0.3 is 10.1 Å². The highest BCUT2D eigenvalue weighted by Crippen LogP contribution is 2.28. The maximum atomic E-state index is 12.7. The molecule has 1 fully saturated rings. The number of amides is 3. The molecule has 0 aromatic heterocycles. The van der Waals surface area contributed by atoms with Crippen molar-refractivity contribution in [2.45, 2.75) is 20.1 Å². The second-order valence-corrected chi connectivity index (χ2v) is 8.18. The van der Waals surface area contributed by atoms with E-state index >= 15 is 0 Å². The maximum absolute atomic E-state index is 12.7. The summed E-state index contributed by atoms with van der Waals surface area (Å²) in [5, 5.41) is 2.66. The Labute approximate surface area is 189 Å². The highest BCUT2D eigenvalue weighted by Gasteiger charge is 2.33. The van der Waals surface area contributed by atoms with Crippen molar-refractivity contribution in [1.29, 1.82) is 0 Å². The third-order valence-corrected chi connectivity index (χ3v) is 5.55. The van der Waals surface area contributed by atoms with E-state index in [0.717, 1.165) is 21.2 Å². The Bertz CT molecular complexity index is 1140. The molecule has 0 unspecified atom stereocenters. The van der Waals surface area contributed by atoms with Crippen LogP contribution in [0.5, 0.6) is 5.75 Å². The summed E-state index contributed by atoms with van der Waals surface area (Å²) in [5.41, 5.74) is 4.21. The smallest absolute Gasteiger partial charge is 0.329 e. The number of carbonyl (C=O) groups is 2. The molecular formula is C25H21BrN2O3. The molecule has 1 saturated heterocycles. The molecule has 0 aliphatic carbocycles. The lowest BCUT2D eigenvalue weighted by atomic mass is 10.1. The van der Waals surface area contributed by atoms with Crippen LogP contribution in [0.1, 0.15) is 22.3 Å². The molecule has 3 amide bonds. The fourth-order valence-electron chi connectivity index (χ4n) is 3.22. The number of nitrogens with zero attached hydrogens (tertiary/aromatic N) is 1. The van der Waals surface area contributed by atoms with E-state index in [2.05, 4.69) is 33.4 Å².